The van der Waals surface area contributed by atoms with E-state index in [9.17, 15) is 4.79 Å². The van der Waals surface area contributed by atoms with E-state index < -0.39 is 0 Å². The molecule has 0 aliphatic heterocycles. The van der Waals surface area contributed by atoms with E-state index >= 15 is 0 Å². The molecular weight excluding hydrogens is 296 g/mol. The first-order chi connectivity index (χ1) is 10.8. The SMILES string of the molecule is CCCCOC(=O)c1ccccc1.c1ccc2snnc2c1. The number of hydrogen-bond donors (Lipinski definition) is 0. The Labute approximate surface area is 133 Å². The van der Waals surface area contributed by atoms with Crippen LogP contribution in [0.5, 0.6) is 0 Å². The molecule has 1 heterocycles. The summed E-state index contributed by atoms with van der Waals surface area (Å²) < 4.78 is 9.97. The Morgan fingerprint density at radius 3 is 2.55 bits per heavy atom. The maximum atomic E-state index is 11.3. The lowest BCUT2D eigenvalue weighted by molar-refractivity contribution is 0.0500. The fourth-order valence-corrected chi connectivity index (χ4v) is 2.25. The van der Waals surface area contributed by atoms with Crippen LogP contribution in [0, 0.1) is 0 Å². The van der Waals surface area contributed by atoms with E-state index in [-0.39, 0.29) is 5.97 Å². The van der Waals surface area contributed by atoms with Crippen LogP contribution in [-0.2, 0) is 4.74 Å². The maximum absolute atomic E-state index is 11.3. The number of ether oxygens (including phenoxy) is 1. The van der Waals surface area contributed by atoms with E-state index in [0.717, 1.165) is 23.1 Å². The molecule has 0 N–H and O–H groups in total. The highest BCUT2D eigenvalue weighted by molar-refractivity contribution is 7.12. The predicted octanol–water partition coefficient (Wildman–Crippen LogP) is 4.33. The van der Waals surface area contributed by atoms with Crippen LogP contribution in [0.2, 0.25) is 0 Å². The Balaban J connectivity index is 0.000000170. The molecule has 0 bridgehead atoms. The fraction of sp³-hybridized carbons (Fsp3) is 0.235. The monoisotopic (exact) mass is 314 g/mol. The third-order valence-electron chi connectivity index (χ3n) is 2.89. The van der Waals surface area contributed by atoms with Crippen molar-refractivity contribution >= 4 is 27.7 Å². The van der Waals surface area contributed by atoms with E-state index in [1.54, 1.807) is 12.1 Å². The summed E-state index contributed by atoms with van der Waals surface area (Å²) in [5.74, 6) is -0.228. The third-order valence-corrected chi connectivity index (χ3v) is 3.60. The van der Waals surface area contributed by atoms with Gasteiger partial charge in [0.25, 0.3) is 0 Å². The lowest BCUT2D eigenvalue weighted by Gasteiger charge is -2.02. The minimum Gasteiger partial charge on any atom is -0.462 e. The molecule has 0 radical (unpaired) electrons. The number of esters is 1. The zero-order valence-corrected chi connectivity index (χ0v) is 13.3. The number of fused-ring (bicyclic) bond motifs is 1. The van der Waals surface area contributed by atoms with Crippen LogP contribution in [-0.4, -0.2) is 22.2 Å². The van der Waals surface area contributed by atoms with Crippen molar-refractivity contribution in [2.45, 2.75) is 19.8 Å². The molecule has 0 fully saturated rings. The Hall–Kier alpha value is -2.27. The summed E-state index contributed by atoms with van der Waals surface area (Å²) in [7, 11) is 0. The number of nitrogens with zero attached hydrogens (tertiary/aromatic N) is 2. The van der Waals surface area contributed by atoms with Gasteiger partial charge in [-0.2, -0.15) is 0 Å². The van der Waals surface area contributed by atoms with Crippen LogP contribution < -0.4 is 0 Å². The quantitative estimate of drug-likeness (QED) is 0.531. The summed E-state index contributed by atoms with van der Waals surface area (Å²) in [4.78, 5) is 11.3. The molecule has 2 aromatic carbocycles. The first kappa shape index (κ1) is 16.1. The minimum absolute atomic E-state index is 0.228. The summed E-state index contributed by atoms with van der Waals surface area (Å²) in [5, 5.41) is 3.89. The van der Waals surface area contributed by atoms with E-state index in [1.807, 2.05) is 42.5 Å². The van der Waals surface area contributed by atoms with E-state index in [2.05, 4.69) is 16.5 Å². The number of unbranched alkanes of at least 4 members (excludes halogenated alkanes) is 1. The molecule has 0 aliphatic rings. The molecule has 3 aromatic rings. The average molecular weight is 314 g/mol. The third kappa shape index (κ3) is 4.93. The molecule has 1 aromatic heterocycles. The zero-order valence-electron chi connectivity index (χ0n) is 12.4. The van der Waals surface area contributed by atoms with Gasteiger partial charge in [0.05, 0.1) is 16.9 Å². The van der Waals surface area contributed by atoms with Crippen molar-refractivity contribution in [3.8, 4) is 0 Å². The number of hydrogen-bond acceptors (Lipinski definition) is 5. The molecule has 0 unspecified atom stereocenters. The largest absolute Gasteiger partial charge is 0.462 e. The highest BCUT2D eigenvalue weighted by Crippen LogP contribution is 2.12. The summed E-state index contributed by atoms with van der Waals surface area (Å²) in [5.41, 5.74) is 1.61. The van der Waals surface area contributed by atoms with E-state index in [1.165, 1.54) is 11.5 Å². The molecule has 114 valence electrons. The summed E-state index contributed by atoms with van der Waals surface area (Å²) in [6.45, 7) is 2.58. The van der Waals surface area contributed by atoms with Crippen molar-refractivity contribution in [2.75, 3.05) is 6.61 Å². The first-order valence-corrected chi connectivity index (χ1v) is 7.98. The van der Waals surface area contributed by atoms with Crippen LogP contribution in [0.4, 0.5) is 0 Å². The molecule has 4 nitrogen and oxygen atoms in total. The van der Waals surface area contributed by atoms with Gasteiger partial charge in [-0.3, -0.25) is 0 Å². The van der Waals surface area contributed by atoms with Crippen molar-refractivity contribution in [2.24, 2.45) is 0 Å². The lowest BCUT2D eigenvalue weighted by Crippen LogP contribution is -2.05. The van der Waals surface area contributed by atoms with Gasteiger partial charge in [0, 0.05) is 0 Å². The molecule has 0 atom stereocenters. The normalized spacial score (nSPS) is 9.86. The Morgan fingerprint density at radius 1 is 1.09 bits per heavy atom. The molecule has 0 amide bonds. The van der Waals surface area contributed by atoms with Crippen molar-refractivity contribution in [1.29, 1.82) is 0 Å². The van der Waals surface area contributed by atoms with Gasteiger partial charge in [-0.1, -0.05) is 48.2 Å². The van der Waals surface area contributed by atoms with E-state index in [0.29, 0.717) is 12.2 Å². The van der Waals surface area contributed by atoms with Gasteiger partial charge in [0.2, 0.25) is 0 Å². The van der Waals surface area contributed by atoms with Gasteiger partial charge in [-0.05, 0) is 42.2 Å². The van der Waals surface area contributed by atoms with Gasteiger partial charge in [0.15, 0.2) is 0 Å². The smallest absolute Gasteiger partial charge is 0.338 e. The number of carbonyl (C=O) groups is 1. The maximum Gasteiger partial charge on any atom is 0.338 e. The average Bonchev–Trinajstić information content (AvgIpc) is 3.05. The highest BCUT2D eigenvalue weighted by atomic mass is 32.1. The number of aromatic nitrogens is 2. The van der Waals surface area contributed by atoms with Gasteiger partial charge in [-0.15, -0.1) is 5.10 Å². The van der Waals surface area contributed by atoms with Gasteiger partial charge < -0.3 is 4.74 Å². The molecule has 22 heavy (non-hydrogen) atoms. The lowest BCUT2D eigenvalue weighted by atomic mass is 10.2. The Kier molecular flexibility index (Phi) is 6.51. The van der Waals surface area contributed by atoms with Crippen LogP contribution in [0.3, 0.4) is 0 Å². The van der Waals surface area contributed by atoms with Crippen molar-refractivity contribution in [3.05, 3.63) is 60.2 Å². The predicted molar refractivity (Wildman–Crippen MR) is 89.0 cm³/mol. The number of rotatable bonds is 4. The molecular formula is C17H18N2O2S. The minimum atomic E-state index is -0.228. The topological polar surface area (TPSA) is 52.1 Å². The second-order valence-corrected chi connectivity index (χ2v) is 5.38. The highest BCUT2D eigenvalue weighted by Gasteiger charge is 2.03. The fourth-order valence-electron chi connectivity index (χ4n) is 1.69. The molecule has 0 saturated carbocycles. The van der Waals surface area contributed by atoms with Gasteiger partial charge >= 0.3 is 5.97 Å². The summed E-state index contributed by atoms with van der Waals surface area (Å²) in [6, 6.07) is 17.0. The van der Waals surface area contributed by atoms with Gasteiger partial charge in [0.1, 0.15) is 5.52 Å². The molecule has 0 spiro atoms. The molecule has 0 aliphatic carbocycles. The summed E-state index contributed by atoms with van der Waals surface area (Å²) in [6.07, 6.45) is 1.97. The standard InChI is InChI=1S/C11H14O2.C6H4N2S/c1-2-3-9-13-11(12)10-7-5-4-6-8-10;1-2-4-6-5(3-1)7-8-9-6/h4-8H,2-3,9H2,1H3;1-4H. The van der Waals surface area contributed by atoms with Crippen molar-refractivity contribution < 1.29 is 9.53 Å². The van der Waals surface area contributed by atoms with Gasteiger partial charge in [-0.25, -0.2) is 4.79 Å². The van der Waals surface area contributed by atoms with Crippen molar-refractivity contribution in [1.82, 2.24) is 9.59 Å². The van der Waals surface area contributed by atoms with Crippen LogP contribution in [0.25, 0.3) is 10.2 Å². The Bertz CT molecular complexity index is 668. The van der Waals surface area contributed by atoms with E-state index in [4.69, 9.17) is 4.74 Å². The number of carbonyl (C=O) groups excluding carboxylic acids is 1. The zero-order chi connectivity index (χ0) is 15.6. The molecule has 0 saturated heterocycles. The second kappa shape index (κ2) is 8.89. The Morgan fingerprint density at radius 2 is 1.82 bits per heavy atom. The van der Waals surface area contributed by atoms with Crippen LogP contribution in [0.1, 0.15) is 30.1 Å². The van der Waals surface area contributed by atoms with Crippen LogP contribution in [0.15, 0.2) is 54.6 Å². The molecule has 3 rings (SSSR count). The van der Waals surface area contributed by atoms with Crippen LogP contribution >= 0.6 is 11.5 Å². The number of benzene rings is 2. The second-order valence-electron chi connectivity index (χ2n) is 4.60. The van der Waals surface area contributed by atoms with Crippen molar-refractivity contribution in [3.63, 3.8) is 0 Å². The molecule has 5 heteroatoms. The first-order valence-electron chi connectivity index (χ1n) is 7.20. The summed E-state index contributed by atoms with van der Waals surface area (Å²) >= 11 is 1.43.